The lowest BCUT2D eigenvalue weighted by Crippen LogP contribution is -2.29. The maximum atomic E-state index is 13.5. The predicted molar refractivity (Wildman–Crippen MR) is 123 cm³/mol. The summed E-state index contributed by atoms with van der Waals surface area (Å²) in [6.07, 6.45) is 1.55. The van der Waals surface area contributed by atoms with Crippen LogP contribution in [-0.2, 0) is 6.54 Å². The zero-order valence-corrected chi connectivity index (χ0v) is 18.9. The zero-order valence-electron chi connectivity index (χ0n) is 18.1. The Morgan fingerprint density at radius 1 is 1.15 bits per heavy atom. The third-order valence-corrected chi connectivity index (χ3v) is 6.03. The van der Waals surface area contributed by atoms with Crippen molar-refractivity contribution in [3.05, 3.63) is 77.3 Å². The fourth-order valence-corrected chi connectivity index (χ4v) is 4.26. The molecule has 3 N–H and O–H groups in total. The molecule has 0 radical (unpaired) electrons. The van der Waals surface area contributed by atoms with Gasteiger partial charge in [-0.3, -0.25) is 0 Å². The first kappa shape index (κ1) is 22.3. The predicted octanol–water partition coefficient (Wildman–Crippen LogP) is 3.27. The second kappa shape index (κ2) is 9.05. The molecule has 3 heterocycles. The van der Waals surface area contributed by atoms with E-state index in [1.54, 1.807) is 47.1 Å². The molecule has 0 saturated carbocycles. The highest BCUT2D eigenvalue weighted by Gasteiger charge is 2.33. The number of rotatable bonds is 5. The van der Waals surface area contributed by atoms with Gasteiger partial charge in [0.2, 0.25) is 5.95 Å². The number of aliphatic hydroxyl groups excluding tert-OH is 2. The maximum absolute atomic E-state index is 13.5. The van der Waals surface area contributed by atoms with E-state index in [-0.39, 0.29) is 24.7 Å². The van der Waals surface area contributed by atoms with Crippen molar-refractivity contribution in [3.63, 3.8) is 0 Å². The van der Waals surface area contributed by atoms with Crippen molar-refractivity contribution >= 4 is 23.2 Å². The number of methoxy groups -OCH3 is 1. The Labute approximate surface area is 199 Å². The van der Waals surface area contributed by atoms with Gasteiger partial charge in [0.05, 0.1) is 31.5 Å². The summed E-state index contributed by atoms with van der Waals surface area (Å²) < 4.78 is 22.3. The van der Waals surface area contributed by atoms with E-state index >= 15 is 0 Å². The average molecular weight is 485 g/mol. The van der Waals surface area contributed by atoms with Crippen LogP contribution in [0.5, 0.6) is 5.75 Å². The van der Waals surface area contributed by atoms with Gasteiger partial charge in [-0.2, -0.15) is 4.98 Å². The molecule has 2 aromatic carbocycles. The molecule has 9 nitrogen and oxygen atoms in total. The molecule has 0 bridgehead atoms. The van der Waals surface area contributed by atoms with Crippen LogP contribution in [0.2, 0.25) is 5.15 Å². The van der Waals surface area contributed by atoms with Crippen molar-refractivity contribution in [3.8, 4) is 11.4 Å². The lowest BCUT2D eigenvalue weighted by Gasteiger charge is -2.18. The molecule has 11 heteroatoms. The highest BCUT2D eigenvalue weighted by molar-refractivity contribution is 6.29. The summed E-state index contributed by atoms with van der Waals surface area (Å²) in [6.45, 7) is 0.0898. The molecule has 0 unspecified atom stereocenters. The number of halogens is 2. The first-order valence-corrected chi connectivity index (χ1v) is 11.0. The molecule has 0 fully saturated rings. The van der Waals surface area contributed by atoms with Crippen molar-refractivity contribution in [2.24, 2.45) is 0 Å². The highest BCUT2D eigenvalue weighted by Crippen LogP contribution is 2.34. The molecule has 3 atom stereocenters. The molecule has 1 aliphatic heterocycles. The smallest absolute Gasteiger partial charge is 0.246 e. The molecule has 1 aliphatic rings. The summed E-state index contributed by atoms with van der Waals surface area (Å²) in [4.78, 5) is 8.67. The van der Waals surface area contributed by atoms with E-state index in [1.165, 1.54) is 12.1 Å². The van der Waals surface area contributed by atoms with Crippen LogP contribution in [0.4, 0.5) is 16.0 Å². The van der Waals surface area contributed by atoms with Gasteiger partial charge in [-0.25, -0.2) is 14.1 Å². The van der Waals surface area contributed by atoms with E-state index in [0.29, 0.717) is 28.4 Å². The van der Waals surface area contributed by atoms with Gasteiger partial charge in [-0.1, -0.05) is 23.7 Å². The largest absolute Gasteiger partial charge is 0.494 e. The molecular weight excluding hydrogens is 463 g/mol. The molecule has 34 heavy (non-hydrogen) atoms. The normalized spacial score (nSPS) is 20.0. The number of ether oxygens (including phenoxy) is 1. The van der Waals surface area contributed by atoms with Crippen molar-refractivity contribution in [1.29, 1.82) is 0 Å². The Hall–Kier alpha value is -3.47. The van der Waals surface area contributed by atoms with Gasteiger partial charge in [0.25, 0.3) is 0 Å². The van der Waals surface area contributed by atoms with Crippen LogP contribution < -0.4 is 10.1 Å². The van der Waals surface area contributed by atoms with Crippen molar-refractivity contribution in [1.82, 2.24) is 24.3 Å². The number of benzene rings is 2. The summed E-state index contributed by atoms with van der Waals surface area (Å²) in [5.41, 5.74) is 2.22. The van der Waals surface area contributed by atoms with E-state index in [2.05, 4.69) is 20.4 Å². The molecule has 0 saturated heterocycles. The fraction of sp³-hybridized carbons (Fsp3) is 0.261. The summed E-state index contributed by atoms with van der Waals surface area (Å²) in [6, 6.07) is 11.5. The summed E-state index contributed by atoms with van der Waals surface area (Å²) in [7, 11) is 1.57. The Kier molecular flexibility index (Phi) is 5.94. The summed E-state index contributed by atoms with van der Waals surface area (Å²) >= 11 is 5.93. The van der Waals surface area contributed by atoms with Crippen molar-refractivity contribution in [2.45, 2.75) is 31.1 Å². The minimum absolute atomic E-state index is 0.0898. The average Bonchev–Trinajstić information content (AvgIpc) is 3.41. The first-order chi connectivity index (χ1) is 16.4. The molecule has 2 aromatic heterocycles. The van der Waals surface area contributed by atoms with E-state index in [0.717, 1.165) is 11.3 Å². The van der Waals surface area contributed by atoms with Crippen LogP contribution in [0.25, 0.3) is 5.69 Å². The third-order valence-electron chi connectivity index (χ3n) is 5.83. The van der Waals surface area contributed by atoms with Gasteiger partial charge in [0.15, 0.2) is 0 Å². The van der Waals surface area contributed by atoms with E-state index < -0.39 is 12.2 Å². The van der Waals surface area contributed by atoms with Gasteiger partial charge in [0, 0.05) is 23.9 Å². The molecule has 0 spiro atoms. The third kappa shape index (κ3) is 4.35. The zero-order chi connectivity index (χ0) is 23.8. The number of nitrogens with one attached hydrogen (secondary N) is 1. The molecule has 4 aromatic rings. The van der Waals surface area contributed by atoms with Crippen LogP contribution in [0.1, 0.15) is 23.7 Å². The number of aliphatic hydroxyl groups is 2. The van der Waals surface area contributed by atoms with Crippen molar-refractivity contribution < 1.29 is 19.3 Å². The minimum atomic E-state index is -1.000. The van der Waals surface area contributed by atoms with Crippen LogP contribution in [0, 0.1) is 5.82 Å². The van der Waals surface area contributed by atoms with Crippen LogP contribution in [0.3, 0.4) is 0 Å². The monoisotopic (exact) mass is 484 g/mol. The summed E-state index contributed by atoms with van der Waals surface area (Å²) in [5, 5.41) is 28.8. The standard InChI is InChI=1S/C23H22ClFN6O3/c1-34-20-8-15(6-7-17(20)30-11-21(24)26-12-30)27-23-28-22-16(13-2-4-14(25)5-3-13)9-18(32)19(33)10-31(22)29-23/h2-8,11-12,16,18-19,32-33H,9-10H2,1H3,(H,27,29)/t16-,18+,19-/m0/s1. The van der Waals surface area contributed by atoms with E-state index in [4.69, 9.17) is 16.3 Å². The molecule has 0 aliphatic carbocycles. The topological polar surface area (TPSA) is 110 Å². The lowest BCUT2D eigenvalue weighted by molar-refractivity contribution is 0.00721. The Bertz CT molecular complexity index is 1310. The fourth-order valence-electron chi connectivity index (χ4n) is 4.11. The maximum Gasteiger partial charge on any atom is 0.246 e. The van der Waals surface area contributed by atoms with Gasteiger partial charge in [-0.05, 0) is 36.2 Å². The number of nitrogens with zero attached hydrogens (tertiary/aromatic N) is 5. The van der Waals surface area contributed by atoms with Crippen LogP contribution in [-0.4, -0.2) is 53.8 Å². The Morgan fingerprint density at radius 2 is 1.94 bits per heavy atom. The SMILES string of the molecule is COc1cc(Nc2nc3n(n2)C[C@H](O)[C@H](O)C[C@H]3c2ccc(F)cc2)ccc1-n1cnc(Cl)c1. The van der Waals surface area contributed by atoms with Crippen LogP contribution >= 0.6 is 11.6 Å². The van der Waals surface area contributed by atoms with Gasteiger partial charge in [0.1, 0.15) is 28.9 Å². The van der Waals surface area contributed by atoms with E-state index in [9.17, 15) is 14.6 Å². The van der Waals surface area contributed by atoms with E-state index in [1.807, 2.05) is 12.1 Å². The molecule has 0 amide bonds. The summed E-state index contributed by atoms with van der Waals surface area (Å²) in [5.74, 6) is 0.769. The lowest BCUT2D eigenvalue weighted by atomic mass is 9.92. The number of fused-ring (bicyclic) bond motifs is 1. The molecular formula is C23H22ClFN6O3. The van der Waals surface area contributed by atoms with Crippen molar-refractivity contribution in [2.75, 3.05) is 12.4 Å². The molecule has 5 rings (SSSR count). The Balaban J connectivity index is 1.46. The first-order valence-electron chi connectivity index (χ1n) is 10.6. The highest BCUT2D eigenvalue weighted by atomic mass is 35.5. The number of hydrogen-bond acceptors (Lipinski definition) is 7. The van der Waals surface area contributed by atoms with Crippen LogP contribution in [0.15, 0.2) is 55.0 Å². The number of hydrogen-bond donors (Lipinski definition) is 3. The molecule has 176 valence electrons. The number of imidazole rings is 1. The van der Waals surface area contributed by atoms with Gasteiger partial charge in [-0.15, -0.1) is 5.10 Å². The Morgan fingerprint density at radius 3 is 2.65 bits per heavy atom. The number of anilines is 2. The van der Waals surface area contributed by atoms with Gasteiger partial charge >= 0.3 is 0 Å². The van der Waals surface area contributed by atoms with Gasteiger partial charge < -0.3 is 24.8 Å². The quantitative estimate of drug-likeness (QED) is 0.399. The second-order valence-electron chi connectivity index (χ2n) is 8.07. The minimum Gasteiger partial charge on any atom is -0.494 e. The number of aromatic nitrogens is 5. The second-order valence-corrected chi connectivity index (χ2v) is 8.45.